The van der Waals surface area contributed by atoms with Gasteiger partial charge in [-0.1, -0.05) is 11.6 Å². The van der Waals surface area contributed by atoms with Crippen molar-refractivity contribution in [3.05, 3.63) is 35.5 Å². The minimum atomic E-state index is -1.14. The average Bonchev–Trinajstić information content (AvgIpc) is 2.57. The molecule has 8 heteroatoms. The van der Waals surface area contributed by atoms with Crippen LogP contribution in [-0.2, 0) is 4.79 Å². The fourth-order valence-corrected chi connectivity index (χ4v) is 1.93. The highest BCUT2D eigenvalue weighted by atomic mass is 35.5. The van der Waals surface area contributed by atoms with E-state index >= 15 is 0 Å². The Kier molecular flexibility index (Phi) is 5.46. The first-order chi connectivity index (χ1) is 11.4. The van der Waals surface area contributed by atoms with Gasteiger partial charge in [0.2, 0.25) is 5.88 Å². The van der Waals surface area contributed by atoms with Crippen LogP contribution < -0.4 is 19.5 Å². The molecular weight excluding hydrogens is 334 g/mol. The molecule has 0 unspecified atom stereocenters. The van der Waals surface area contributed by atoms with Crippen molar-refractivity contribution in [3.8, 4) is 17.6 Å². The number of amides is 1. The molecule has 1 N–H and O–H groups in total. The number of aromatic nitrogens is 2. The molecule has 0 aliphatic heterocycles. The van der Waals surface area contributed by atoms with Crippen molar-refractivity contribution in [2.75, 3.05) is 19.5 Å². The largest absolute Gasteiger partial charge is 0.479 e. The Morgan fingerprint density at radius 2 is 1.83 bits per heavy atom. The van der Waals surface area contributed by atoms with Crippen LogP contribution in [0.2, 0.25) is 5.02 Å². The number of carbonyl (C=O) groups is 1. The third-order valence-electron chi connectivity index (χ3n) is 3.09. The van der Waals surface area contributed by atoms with Gasteiger partial charge in [0.05, 0.1) is 20.4 Å². The van der Waals surface area contributed by atoms with E-state index in [0.29, 0.717) is 16.5 Å². The Balaban J connectivity index is 2.14. The zero-order chi connectivity index (χ0) is 17.7. The highest BCUT2D eigenvalue weighted by Gasteiger charge is 2.31. The van der Waals surface area contributed by atoms with Gasteiger partial charge in [-0.25, -0.2) is 4.98 Å². The summed E-state index contributed by atoms with van der Waals surface area (Å²) < 4.78 is 15.8. The van der Waals surface area contributed by atoms with Crippen molar-refractivity contribution < 1.29 is 19.0 Å². The number of hydrogen-bond donors (Lipinski definition) is 1. The molecule has 0 aliphatic carbocycles. The summed E-state index contributed by atoms with van der Waals surface area (Å²) in [5.41, 5.74) is -0.824. The summed E-state index contributed by atoms with van der Waals surface area (Å²) in [5.74, 6) is 0.333. The first-order valence-electron chi connectivity index (χ1n) is 7.07. The molecule has 2 aromatic rings. The average molecular weight is 352 g/mol. The van der Waals surface area contributed by atoms with Crippen molar-refractivity contribution in [1.29, 1.82) is 0 Å². The maximum absolute atomic E-state index is 12.5. The third-order valence-corrected chi connectivity index (χ3v) is 3.34. The van der Waals surface area contributed by atoms with Crippen molar-refractivity contribution in [2.24, 2.45) is 0 Å². The molecular formula is C16H18ClN3O4. The van der Waals surface area contributed by atoms with Crippen molar-refractivity contribution in [2.45, 2.75) is 19.4 Å². The minimum absolute atomic E-state index is 0.140. The van der Waals surface area contributed by atoms with Crippen LogP contribution in [0.1, 0.15) is 13.8 Å². The summed E-state index contributed by atoms with van der Waals surface area (Å²) in [5, 5.41) is 3.28. The molecule has 0 saturated carbocycles. The van der Waals surface area contributed by atoms with Crippen LogP contribution in [0.15, 0.2) is 30.5 Å². The van der Waals surface area contributed by atoms with Gasteiger partial charge in [-0.3, -0.25) is 4.79 Å². The molecule has 0 saturated heterocycles. The molecule has 24 heavy (non-hydrogen) atoms. The number of carbonyl (C=O) groups excluding carboxylic acids is 1. The van der Waals surface area contributed by atoms with Crippen molar-refractivity contribution in [1.82, 2.24) is 9.97 Å². The summed E-state index contributed by atoms with van der Waals surface area (Å²) in [6.45, 7) is 3.29. The smallest absolute Gasteiger partial charge is 0.319 e. The predicted octanol–water partition coefficient (Wildman–Crippen LogP) is 2.94. The minimum Gasteiger partial charge on any atom is -0.479 e. The summed E-state index contributed by atoms with van der Waals surface area (Å²) in [6, 6.07) is 6.89. The first kappa shape index (κ1) is 17.8. The molecule has 0 fully saturated rings. The van der Waals surface area contributed by atoms with Gasteiger partial charge in [0.1, 0.15) is 11.4 Å². The monoisotopic (exact) mass is 351 g/mol. The van der Waals surface area contributed by atoms with E-state index in [2.05, 4.69) is 15.3 Å². The normalized spacial score (nSPS) is 10.9. The number of rotatable bonds is 6. The lowest BCUT2D eigenvalue weighted by Crippen LogP contribution is -2.42. The number of hydrogen-bond acceptors (Lipinski definition) is 6. The molecule has 7 nitrogen and oxygen atoms in total. The zero-order valence-electron chi connectivity index (χ0n) is 13.8. The second-order valence-corrected chi connectivity index (χ2v) is 5.74. The highest BCUT2D eigenvalue weighted by molar-refractivity contribution is 6.30. The van der Waals surface area contributed by atoms with Crippen molar-refractivity contribution in [3.63, 3.8) is 0 Å². The van der Waals surface area contributed by atoms with Crippen LogP contribution in [0.3, 0.4) is 0 Å². The SMILES string of the molecule is COc1ncc(NC(=O)C(C)(C)Oc2ccc(Cl)cc2)c(OC)n1. The van der Waals surface area contributed by atoms with Gasteiger partial charge in [-0.2, -0.15) is 4.98 Å². The highest BCUT2D eigenvalue weighted by Crippen LogP contribution is 2.26. The van der Waals surface area contributed by atoms with E-state index in [1.165, 1.54) is 20.4 Å². The van der Waals surface area contributed by atoms with Crippen LogP contribution in [-0.4, -0.2) is 35.7 Å². The Morgan fingerprint density at radius 1 is 1.17 bits per heavy atom. The molecule has 1 amide bonds. The number of benzene rings is 1. The Morgan fingerprint density at radius 3 is 2.42 bits per heavy atom. The maximum Gasteiger partial charge on any atom is 0.319 e. The number of nitrogens with one attached hydrogen (secondary N) is 1. The van der Waals surface area contributed by atoms with Crippen molar-refractivity contribution >= 4 is 23.2 Å². The van der Waals surface area contributed by atoms with Crippen LogP contribution >= 0.6 is 11.6 Å². The van der Waals surface area contributed by atoms with Crippen LogP contribution in [0, 0.1) is 0 Å². The van der Waals surface area contributed by atoms with Crippen LogP contribution in [0.25, 0.3) is 0 Å². The lowest BCUT2D eigenvalue weighted by molar-refractivity contribution is -0.128. The molecule has 0 spiro atoms. The number of nitrogens with zero attached hydrogens (tertiary/aromatic N) is 2. The zero-order valence-corrected chi connectivity index (χ0v) is 14.5. The molecule has 0 aliphatic rings. The van der Waals surface area contributed by atoms with E-state index < -0.39 is 5.60 Å². The fraction of sp³-hybridized carbons (Fsp3) is 0.312. The van der Waals surface area contributed by atoms with E-state index in [-0.39, 0.29) is 17.8 Å². The third kappa shape index (κ3) is 4.26. The van der Waals surface area contributed by atoms with Crippen LogP contribution in [0.5, 0.6) is 17.6 Å². The molecule has 1 aromatic carbocycles. The number of anilines is 1. The number of ether oxygens (including phenoxy) is 3. The standard InChI is InChI=1S/C16H18ClN3O4/c1-16(2,24-11-7-5-10(17)6-8-11)14(21)19-12-9-18-15(23-4)20-13(12)22-3/h5-9H,1-4H3,(H,19,21). The van der Waals surface area contributed by atoms with Gasteiger partial charge in [-0.05, 0) is 38.1 Å². The van der Waals surface area contributed by atoms with E-state index in [4.69, 9.17) is 25.8 Å². The maximum atomic E-state index is 12.5. The predicted molar refractivity (Wildman–Crippen MR) is 89.9 cm³/mol. The molecule has 0 bridgehead atoms. The van der Waals surface area contributed by atoms with Crippen LogP contribution in [0.4, 0.5) is 5.69 Å². The quantitative estimate of drug-likeness (QED) is 0.861. The molecule has 2 rings (SSSR count). The van der Waals surface area contributed by atoms with Gasteiger partial charge >= 0.3 is 6.01 Å². The molecule has 128 valence electrons. The summed E-state index contributed by atoms with van der Waals surface area (Å²) in [7, 11) is 2.88. The first-order valence-corrected chi connectivity index (χ1v) is 7.44. The molecule has 0 atom stereocenters. The summed E-state index contributed by atoms with van der Waals surface area (Å²) in [4.78, 5) is 20.5. The molecule has 0 radical (unpaired) electrons. The van der Waals surface area contributed by atoms with E-state index in [9.17, 15) is 4.79 Å². The Hall–Kier alpha value is -2.54. The van der Waals surface area contributed by atoms with E-state index in [1.807, 2.05) is 0 Å². The molecule has 1 aromatic heterocycles. The lowest BCUT2D eigenvalue weighted by atomic mass is 10.1. The van der Waals surface area contributed by atoms with Gasteiger partial charge < -0.3 is 19.5 Å². The van der Waals surface area contributed by atoms with E-state index in [0.717, 1.165) is 0 Å². The van der Waals surface area contributed by atoms with Gasteiger partial charge in [0.25, 0.3) is 5.91 Å². The fourth-order valence-electron chi connectivity index (χ4n) is 1.81. The summed E-state index contributed by atoms with van der Waals surface area (Å²) in [6.07, 6.45) is 1.40. The van der Waals surface area contributed by atoms with Gasteiger partial charge in [-0.15, -0.1) is 0 Å². The Bertz CT molecular complexity index is 720. The Labute approximate surface area is 144 Å². The number of methoxy groups -OCH3 is 2. The number of halogens is 1. The topological polar surface area (TPSA) is 82.6 Å². The van der Waals surface area contributed by atoms with Gasteiger partial charge in [0, 0.05) is 5.02 Å². The van der Waals surface area contributed by atoms with E-state index in [1.54, 1.807) is 38.1 Å². The summed E-state index contributed by atoms with van der Waals surface area (Å²) >= 11 is 5.84. The van der Waals surface area contributed by atoms with Gasteiger partial charge in [0.15, 0.2) is 5.60 Å². The lowest BCUT2D eigenvalue weighted by Gasteiger charge is -2.25. The second-order valence-electron chi connectivity index (χ2n) is 5.30. The second kappa shape index (κ2) is 7.35. The molecule has 1 heterocycles.